The highest BCUT2D eigenvalue weighted by Gasteiger charge is 2.36. The van der Waals surface area contributed by atoms with Gasteiger partial charge >= 0.3 is 0 Å². The van der Waals surface area contributed by atoms with E-state index in [1.807, 2.05) is 0 Å². The molecule has 1 heteroatoms. The second-order valence-electron chi connectivity index (χ2n) is 14.9. The fourth-order valence-electron chi connectivity index (χ4n) is 8.77. The van der Waals surface area contributed by atoms with Crippen LogP contribution < -0.4 is 4.90 Å². The van der Waals surface area contributed by atoms with Crippen molar-refractivity contribution in [3.63, 3.8) is 0 Å². The van der Waals surface area contributed by atoms with E-state index >= 15 is 0 Å². The van der Waals surface area contributed by atoms with Gasteiger partial charge in [-0.05, 0) is 114 Å². The topological polar surface area (TPSA) is 3.24 Å². The molecule has 0 aliphatic heterocycles. The van der Waals surface area contributed by atoms with Gasteiger partial charge in [-0.3, -0.25) is 0 Å². The van der Waals surface area contributed by atoms with E-state index in [-0.39, 0.29) is 5.41 Å². The lowest BCUT2D eigenvalue weighted by Crippen LogP contribution is -2.14. The summed E-state index contributed by atoms with van der Waals surface area (Å²) in [6.07, 6.45) is 0. The third-order valence-electron chi connectivity index (χ3n) is 11.5. The maximum absolute atomic E-state index is 2.37. The van der Waals surface area contributed by atoms with Gasteiger partial charge in [0.15, 0.2) is 0 Å². The summed E-state index contributed by atoms with van der Waals surface area (Å²) in [5, 5.41) is 5.04. The molecule has 0 amide bonds. The van der Waals surface area contributed by atoms with Gasteiger partial charge in [0, 0.05) is 22.5 Å². The van der Waals surface area contributed by atoms with Crippen LogP contribution in [0.1, 0.15) is 25.0 Å². The number of benzene rings is 9. The fraction of sp³-hybridized carbons (Fsp3) is 0.0566. The summed E-state index contributed by atoms with van der Waals surface area (Å²) in [6.45, 7) is 4.69. The van der Waals surface area contributed by atoms with E-state index in [9.17, 15) is 0 Å². The van der Waals surface area contributed by atoms with Crippen LogP contribution in [0.2, 0.25) is 0 Å². The second kappa shape index (κ2) is 12.8. The minimum absolute atomic E-state index is 0.0327. The molecule has 0 atom stereocenters. The van der Waals surface area contributed by atoms with Crippen molar-refractivity contribution >= 4 is 38.6 Å². The highest BCUT2D eigenvalue weighted by molar-refractivity contribution is 5.98. The van der Waals surface area contributed by atoms with Gasteiger partial charge in [-0.2, -0.15) is 0 Å². The van der Waals surface area contributed by atoms with Crippen molar-refractivity contribution in [1.29, 1.82) is 0 Å². The Labute approximate surface area is 317 Å². The van der Waals surface area contributed by atoms with Crippen molar-refractivity contribution in [2.24, 2.45) is 0 Å². The molecule has 9 aromatic rings. The Balaban J connectivity index is 1.07. The van der Waals surface area contributed by atoms with Crippen LogP contribution in [0.25, 0.3) is 66.1 Å². The van der Waals surface area contributed by atoms with Gasteiger partial charge in [0.1, 0.15) is 0 Å². The molecule has 0 saturated heterocycles. The molecular formula is C53H39N. The van der Waals surface area contributed by atoms with Crippen LogP contribution in [0, 0.1) is 0 Å². The van der Waals surface area contributed by atoms with Gasteiger partial charge in [-0.25, -0.2) is 0 Å². The first-order valence-corrected chi connectivity index (χ1v) is 18.8. The van der Waals surface area contributed by atoms with Crippen molar-refractivity contribution in [2.75, 3.05) is 4.90 Å². The van der Waals surface area contributed by atoms with Crippen LogP contribution in [-0.2, 0) is 5.41 Å². The van der Waals surface area contributed by atoms with Gasteiger partial charge in [0.05, 0.1) is 0 Å². The lowest BCUT2D eigenvalue weighted by molar-refractivity contribution is 0.660. The first-order chi connectivity index (χ1) is 26.5. The van der Waals surface area contributed by atoms with E-state index in [0.29, 0.717) is 0 Å². The lowest BCUT2D eigenvalue weighted by Gasteiger charge is -2.26. The van der Waals surface area contributed by atoms with Crippen LogP contribution >= 0.6 is 0 Å². The second-order valence-corrected chi connectivity index (χ2v) is 14.9. The molecule has 1 aliphatic rings. The molecule has 0 bridgehead atoms. The molecule has 0 fully saturated rings. The van der Waals surface area contributed by atoms with Gasteiger partial charge in [-0.1, -0.05) is 178 Å². The average molecular weight is 690 g/mol. The van der Waals surface area contributed by atoms with Crippen LogP contribution in [0.4, 0.5) is 17.1 Å². The monoisotopic (exact) mass is 689 g/mol. The maximum atomic E-state index is 2.37. The minimum atomic E-state index is -0.0327. The van der Waals surface area contributed by atoms with Crippen molar-refractivity contribution < 1.29 is 0 Å². The average Bonchev–Trinajstić information content (AvgIpc) is 3.47. The smallest absolute Gasteiger partial charge is 0.0462 e. The molecule has 0 unspecified atom stereocenters. The molecule has 0 saturated carbocycles. The molecule has 9 aromatic carbocycles. The first-order valence-electron chi connectivity index (χ1n) is 18.8. The Hall–Kier alpha value is -6.70. The molecule has 10 rings (SSSR count). The van der Waals surface area contributed by atoms with E-state index in [1.165, 1.54) is 77.2 Å². The number of hydrogen-bond acceptors (Lipinski definition) is 1. The largest absolute Gasteiger partial charge is 0.311 e. The first kappa shape index (κ1) is 32.0. The normalized spacial score (nSPS) is 12.8. The van der Waals surface area contributed by atoms with Crippen molar-refractivity contribution in [3.05, 3.63) is 211 Å². The molecule has 256 valence electrons. The lowest BCUT2D eigenvalue weighted by atomic mass is 9.82. The molecular weight excluding hydrogens is 651 g/mol. The Kier molecular flexibility index (Phi) is 7.56. The fourth-order valence-corrected chi connectivity index (χ4v) is 8.77. The van der Waals surface area contributed by atoms with Crippen molar-refractivity contribution in [1.82, 2.24) is 0 Å². The summed E-state index contributed by atoms with van der Waals surface area (Å²) in [6, 6.07) is 73.3. The summed E-state index contributed by atoms with van der Waals surface area (Å²) in [7, 11) is 0. The number of fused-ring (bicyclic) bond motifs is 5. The van der Waals surface area contributed by atoms with E-state index in [1.54, 1.807) is 0 Å². The number of rotatable bonds is 6. The minimum Gasteiger partial charge on any atom is -0.311 e. The number of nitrogens with zero attached hydrogens (tertiary/aromatic N) is 1. The van der Waals surface area contributed by atoms with E-state index in [2.05, 4.69) is 219 Å². The molecule has 0 aromatic heterocycles. The summed E-state index contributed by atoms with van der Waals surface area (Å²) in [5.41, 5.74) is 16.2. The van der Waals surface area contributed by atoms with Gasteiger partial charge in [0.25, 0.3) is 0 Å². The summed E-state index contributed by atoms with van der Waals surface area (Å²) < 4.78 is 0. The maximum Gasteiger partial charge on any atom is 0.0462 e. The quantitative estimate of drug-likeness (QED) is 0.168. The number of anilines is 3. The predicted molar refractivity (Wildman–Crippen MR) is 230 cm³/mol. The zero-order chi connectivity index (χ0) is 36.2. The molecule has 0 heterocycles. The molecule has 0 N–H and O–H groups in total. The molecule has 1 aliphatic carbocycles. The SMILES string of the molecule is CC1(C)c2ccccc2-c2c(-c3ccc(N(c4ccc(-c5cccc6ccccc56)cc4)c4ccc(-c5cccc6ccccc56)cc4)cc3)cccc21. The van der Waals surface area contributed by atoms with Gasteiger partial charge in [0.2, 0.25) is 0 Å². The Morgan fingerprint density at radius 1 is 0.315 bits per heavy atom. The molecule has 0 spiro atoms. The summed E-state index contributed by atoms with van der Waals surface area (Å²) in [5.74, 6) is 0. The van der Waals surface area contributed by atoms with Gasteiger partial charge < -0.3 is 4.90 Å². The summed E-state index contributed by atoms with van der Waals surface area (Å²) >= 11 is 0. The highest BCUT2D eigenvalue weighted by Crippen LogP contribution is 2.52. The van der Waals surface area contributed by atoms with Crippen LogP contribution in [0.15, 0.2) is 200 Å². The third kappa shape index (κ3) is 5.24. The molecule has 54 heavy (non-hydrogen) atoms. The Morgan fingerprint density at radius 3 is 1.22 bits per heavy atom. The standard InChI is InChI=1S/C53H39N/c1-53(2)50-22-8-7-18-49(50)52-48(21-11-23-51(52)53)40-28-34-43(35-29-40)54(41-30-24-38(25-31-41)46-19-9-14-36-12-3-5-16-44(36)46)42-32-26-39(27-33-42)47-20-10-15-37-13-4-6-17-45(37)47/h3-35H,1-2H3. The zero-order valence-electron chi connectivity index (χ0n) is 30.5. The number of hydrogen-bond donors (Lipinski definition) is 0. The van der Waals surface area contributed by atoms with E-state index in [0.717, 1.165) is 17.1 Å². The van der Waals surface area contributed by atoms with Crippen LogP contribution in [0.3, 0.4) is 0 Å². The zero-order valence-corrected chi connectivity index (χ0v) is 30.5. The van der Waals surface area contributed by atoms with Gasteiger partial charge in [-0.15, -0.1) is 0 Å². The molecule has 1 nitrogen and oxygen atoms in total. The molecule has 0 radical (unpaired) electrons. The van der Waals surface area contributed by atoms with Crippen LogP contribution in [-0.4, -0.2) is 0 Å². The highest BCUT2D eigenvalue weighted by atomic mass is 15.1. The summed E-state index contributed by atoms with van der Waals surface area (Å²) in [4.78, 5) is 2.37. The van der Waals surface area contributed by atoms with E-state index < -0.39 is 0 Å². The van der Waals surface area contributed by atoms with Crippen molar-refractivity contribution in [3.8, 4) is 44.5 Å². The Bertz CT molecular complexity index is 2690. The predicted octanol–water partition coefficient (Wildman–Crippen LogP) is 14.8. The van der Waals surface area contributed by atoms with Crippen LogP contribution in [0.5, 0.6) is 0 Å². The third-order valence-corrected chi connectivity index (χ3v) is 11.5. The Morgan fingerprint density at radius 2 is 0.685 bits per heavy atom. The van der Waals surface area contributed by atoms with Crippen molar-refractivity contribution in [2.45, 2.75) is 19.3 Å². The van der Waals surface area contributed by atoms with E-state index in [4.69, 9.17) is 0 Å².